The number of aryl methyl sites for hydroxylation is 1. The second kappa shape index (κ2) is 9.20. The first kappa shape index (κ1) is 22.3. The predicted molar refractivity (Wildman–Crippen MR) is 118 cm³/mol. The van der Waals surface area contributed by atoms with E-state index < -0.39 is 12.7 Å². The van der Waals surface area contributed by atoms with Crippen LogP contribution in [0.25, 0.3) is 16.9 Å². The molecular weight excluding hydrogens is 406 g/mol. The molecule has 2 heterocycles. The Morgan fingerprint density at radius 1 is 1.23 bits per heavy atom. The van der Waals surface area contributed by atoms with Crippen molar-refractivity contribution in [1.29, 1.82) is 0 Å². The first-order chi connectivity index (χ1) is 14.4. The Labute approximate surface area is 180 Å². The lowest BCUT2D eigenvalue weighted by molar-refractivity contribution is 0.0805. The van der Waals surface area contributed by atoms with E-state index in [0.29, 0.717) is 27.7 Å². The summed E-state index contributed by atoms with van der Waals surface area (Å²) in [5.74, 6) is 1.14. The average Bonchev–Trinajstić information content (AvgIpc) is 3.07. The van der Waals surface area contributed by atoms with E-state index in [2.05, 4.69) is 13.8 Å². The third kappa shape index (κ3) is 3.97. The average molecular weight is 434 g/mol. The van der Waals surface area contributed by atoms with Crippen LogP contribution in [0.4, 0.5) is 0 Å². The number of aromatic nitrogens is 3. The molecule has 0 bridgehead atoms. The zero-order chi connectivity index (χ0) is 22.0. The van der Waals surface area contributed by atoms with E-state index in [-0.39, 0.29) is 18.0 Å². The predicted octanol–water partition coefficient (Wildman–Crippen LogP) is 3.39. The Morgan fingerprint density at radius 3 is 2.50 bits per heavy atom. The Bertz CT molecular complexity index is 1100. The molecule has 7 nitrogen and oxygen atoms in total. The molecular formula is C22H28ClN3O4. The summed E-state index contributed by atoms with van der Waals surface area (Å²) in [6.45, 7) is 5.55. The highest BCUT2D eigenvalue weighted by atomic mass is 35.5. The van der Waals surface area contributed by atoms with Crippen LogP contribution in [0.5, 0.6) is 5.75 Å². The van der Waals surface area contributed by atoms with Crippen LogP contribution in [0, 0.1) is 6.92 Å². The lowest BCUT2D eigenvalue weighted by Crippen LogP contribution is -2.32. The van der Waals surface area contributed by atoms with E-state index >= 15 is 0 Å². The van der Waals surface area contributed by atoms with Gasteiger partial charge in [0, 0.05) is 11.3 Å². The van der Waals surface area contributed by atoms with Crippen molar-refractivity contribution in [2.45, 2.75) is 52.2 Å². The van der Waals surface area contributed by atoms with Crippen molar-refractivity contribution in [3.8, 4) is 17.1 Å². The topological polar surface area (TPSA) is 89.0 Å². The van der Waals surface area contributed by atoms with Gasteiger partial charge in [-0.1, -0.05) is 25.4 Å². The highest BCUT2D eigenvalue weighted by molar-refractivity contribution is 6.33. The molecule has 1 atom stereocenters. The third-order valence-corrected chi connectivity index (χ3v) is 5.84. The van der Waals surface area contributed by atoms with Gasteiger partial charge in [0.05, 0.1) is 31.4 Å². The van der Waals surface area contributed by atoms with Gasteiger partial charge in [-0.3, -0.25) is 9.36 Å². The van der Waals surface area contributed by atoms with Crippen molar-refractivity contribution in [3.63, 3.8) is 0 Å². The van der Waals surface area contributed by atoms with Gasteiger partial charge >= 0.3 is 0 Å². The molecule has 2 aromatic heterocycles. The van der Waals surface area contributed by atoms with Gasteiger partial charge in [-0.15, -0.1) is 5.10 Å². The molecule has 2 N–H and O–H groups in total. The number of ether oxygens (including phenoxy) is 1. The summed E-state index contributed by atoms with van der Waals surface area (Å²) in [7, 11) is 1.55. The number of aliphatic hydroxyl groups excluding tert-OH is 2. The molecule has 0 saturated carbocycles. The minimum Gasteiger partial charge on any atom is -0.497 e. The number of rotatable bonds is 8. The van der Waals surface area contributed by atoms with Gasteiger partial charge in [0.1, 0.15) is 11.3 Å². The Morgan fingerprint density at radius 2 is 1.93 bits per heavy atom. The van der Waals surface area contributed by atoms with Gasteiger partial charge in [0.2, 0.25) is 0 Å². The number of nitrogens with zero attached hydrogens (tertiary/aromatic N) is 3. The van der Waals surface area contributed by atoms with E-state index in [4.69, 9.17) is 21.4 Å². The molecule has 0 radical (unpaired) electrons. The van der Waals surface area contributed by atoms with Crippen LogP contribution in [0.3, 0.4) is 0 Å². The number of benzene rings is 1. The molecule has 1 aromatic carbocycles. The number of hydrogen-bond acceptors (Lipinski definition) is 5. The fraction of sp³-hybridized carbons (Fsp3) is 0.455. The normalized spacial score (nSPS) is 12.7. The second-order valence-corrected chi connectivity index (χ2v) is 7.84. The number of hydrogen-bond donors (Lipinski definition) is 2. The summed E-state index contributed by atoms with van der Waals surface area (Å²) >= 11 is 6.47. The molecule has 0 aliphatic carbocycles. The molecule has 0 amide bonds. The molecule has 3 rings (SSSR count). The zero-order valence-electron chi connectivity index (χ0n) is 17.7. The van der Waals surface area contributed by atoms with Crippen molar-refractivity contribution in [1.82, 2.24) is 14.2 Å². The lowest BCUT2D eigenvalue weighted by Gasteiger charge is -2.18. The van der Waals surface area contributed by atoms with E-state index in [1.165, 1.54) is 4.57 Å². The van der Waals surface area contributed by atoms with Crippen molar-refractivity contribution in [3.05, 3.63) is 50.9 Å². The Hall–Kier alpha value is -2.35. The lowest BCUT2D eigenvalue weighted by atomic mass is 9.95. The number of fused-ring (bicyclic) bond motifs is 1. The van der Waals surface area contributed by atoms with Crippen LogP contribution in [-0.4, -0.2) is 44.2 Å². The van der Waals surface area contributed by atoms with Gasteiger partial charge < -0.3 is 14.9 Å². The summed E-state index contributed by atoms with van der Waals surface area (Å²) in [6, 6.07) is 7.13. The van der Waals surface area contributed by atoms with Gasteiger partial charge in [-0.05, 0) is 55.5 Å². The van der Waals surface area contributed by atoms with Crippen LogP contribution in [0.1, 0.15) is 43.9 Å². The SMILES string of the molecule is CCC(CC)c1cc(C)n2nc(-c3ccc(OC)cc3Cl)n(C[C@H](O)CO)c(=O)c12. The monoisotopic (exact) mass is 433 g/mol. The summed E-state index contributed by atoms with van der Waals surface area (Å²) in [4.78, 5) is 13.6. The van der Waals surface area contributed by atoms with Crippen molar-refractivity contribution < 1.29 is 14.9 Å². The zero-order valence-corrected chi connectivity index (χ0v) is 18.5. The van der Waals surface area contributed by atoms with Crippen LogP contribution < -0.4 is 10.3 Å². The van der Waals surface area contributed by atoms with Crippen LogP contribution >= 0.6 is 11.6 Å². The minimum atomic E-state index is -1.10. The third-order valence-electron chi connectivity index (χ3n) is 5.53. The molecule has 0 unspecified atom stereocenters. The maximum Gasteiger partial charge on any atom is 0.278 e. The molecule has 0 aliphatic heterocycles. The Balaban J connectivity index is 2.35. The maximum absolute atomic E-state index is 13.6. The fourth-order valence-corrected chi connectivity index (χ4v) is 4.10. The van der Waals surface area contributed by atoms with E-state index in [0.717, 1.165) is 24.1 Å². The molecule has 0 fully saturated rings. The van der Waals surface area contributed by atoms with Gasteiger partial charge in [0.25, 0.3) is 5.56 Å². The highest BCUT2D eigenvalue weighted by Gasteiger charge is 2.23. The van der Waals surface area contributed by atoms with E-state index in [1.807, 2.05) is 13.0 Å². The first-order valence-corrected chi connectivity index (χ1v) is 10.5. The van der Waals surface area contributed by atoms with Crippen LogP contribution in [0.2, 0.25) is 5.02 Å². The molecule has 8 heteroatoms. The van der Waals surface area contributed by atoms with Crippen LogP contribution in [0.15, 0.2) is 29.1 Å². The number of aliphatic hydroxyl groups is 2. The molecule has 162 valence electrons. The second-order valence-electron chi connectivity index (χ2n) is 7.44. The number of halogens is 1. The molecule has 0 saturated heterocycles. The fourth-order valence-electron chi connectivity index (χ4n) is 3.85. The molecule has 0 spiro atoms. The largest absolute Gasteiger partial charge is 0.497 e. The first-order valence-electron chi connectivity index (χ1n) is 10.1. The van der Waals surface area contributed by atoms with Gasteiger partial charge in [-0.25, -0.2) is 4.52 Å². The van der Waals surface area contributed by atoms with Gasteiger partial charge in [-0.2, -0.15) is 0 Å². The highest BCUT2D eigenvalue weighted by Crippen LogP contribution is 2.32. The van der Waals surface area contributed by atoms with Crippen LogP contribution in [-0.2, 0) is 6.54 Å². The van der Waals surface area contributed by atoms with Gasteiger partial charge in [0.15, 0.2) is 5.82 Å². The van der Waals surface area contributed by atoms with E-state index in [1.54, 1.807) is 29.8 Å². The summed E-state index contributed by atoms with van der Waals surface area (Å²) in [6.07, 6.45) is 0.705. The van der Waals surface area contributed by atoms with E-state index in [9.17, 15) is 15.0 Å². The summed E-state index contributed by atoms with van der Waals surface area (Å²) < 4.78 is 8.27. The smallest absolute Gasteiger partial charge is 0.278 e. The van der Waals surface area contributed by atoms with Crippen molar-refractivity contribution in [2.24, 2.45) is 0 Å². The Kier molecular flexibility index (Phi) is 6.85. The summed E-state index contributed by atoms with van der Waals surface area (Å²) in [5, 5.41) is 24.6. The molecule has 30 heavy (non-hydrogen) atoms. The minimum absolute atomic E-state index is 0.0941. The summed E-state index contributed by atoms with van der Waals surface area (Å²) in [5.41, 5.74) is 2.58. The van der Waals surface area contributed by atoms with Crippen molar-refractivity contribution in [2.75, 3.05) is 13.7 Å². The maximum atomic E-state index is 13.6. The standard InChI is InChI=1S/C22H28ClN3O4/c1-5-14(6-2)18-9-13(3)26-20(18)22(29)25(11-15(28)12-27)21(24-26)17-8-7-16(30-4)10-19(17)23/h7-10,14-15,27-28H,5-6,11-12H2,1-4H3/t15-/m0/s1. The quantitative estimate of drug-likeness (QED) is 0.568. The molecule has 0 aliphatic rings. The number of methoxy groups -OCH3 is 1. The van der Waals surface area contributed by atoms with Crippen molar-refractivity contribution >= 4 is 17.1 Å². The molecule has 3 aromatic rings.